The van der Waals surface area contributed by atoms with E-state index in [1.54, 1.807) is 0 Å². The number of para-hydroxylation sites is 2. The van der Waals surface area contributed by atoms with Crippen molar-refractivity contribution in [2.75, 3.05) is 0 Å². The number of benzene rings is 8. The van der Waals surface area contributed by atoms with Crippen molar-refractivity contribution >= 4 is 54.4 Å². The maximum Gasteiger partial charge on any atom is 0.238 e. The van der Waals surface area contributed by atoms with E-state index in [9.17, 15) is 0 Å². The summed E-state index contributed by atoms with van der Waals surface area (Å²) in [7, 11) is 0. The summed E-state index contributed by atoms with van der Waals surface area (Å²) in [5, 5.41) is 6.85. The Morgan fingerprint density at radius 1 is 0.333 bits per heavy atom. The number of hydrogen-bond acceptors (Lipinski definition) is 4. The quantitative estimate of drug-likeness (QED) is 0.169. The highest BCUT2D eigenvalue weighted by Crippen LogP contribution is 2.43. The van der Waals surface area contributed by atoms with Crippen LogP contribution in [0.3, 0.4) is 0 Å². The number of hydrogen-bond donors (Lipinski definition) is 0. The van der Waals surface area contributed by atoms with Crippen LogP contribution in [0, 0.1) is 0 Å². The topological polar surface area (TPSA) is 61.4 Å². The summed E-state index contributed by atoms with van der Waals surface area (Å²) in [5.41, 5.74) is 11.4. The Labute approximate surface area is 345 Å². The lowest BCUT2D eigenvalue weighted by molar-refractivity contribution is 0.953. The van der Waals surface area contributed by atoms with Crippen LogP contribution >= 0.6 is 0 Å². The van der Waals surface area contributed by atoms with Crippen LogP contribution in [0.15, 0.2) is 206 Å². The van der Waals surface area contributed by atoms with Gasteiger partial charge in [0.2, 0.25) is 5.95 Å². The fraction of sp³-hybridized carbons (Fsp3) is 0. The van der Waals surface area contributed by atoms with Gasteiger partial charge in [-0.25, -0.2) is 4.98 Å². The maximum atomic E-state index is 5.31. The highest BCUT2D eigenvalue weighted by molar-refractivity contribution is 6.24. The van der Waals surface area contributed by atoms with Gasteiger partial charge in [0.25, 0.3) is 0 Å². The highest BCUT2D eigenvalue weighted by atomic mass is 15.2. The maximum absolute atomic E-state index is 5.31. The lowest BCUT2D eigenvalue weighted by atomic mass is 9.99. The van der Waals surface area contributed by atoms with Crippen LogP contribution in [0.5, 0.6) is 0 Å². The Balaban J connectivity index is 1.16. The summed E-state index contributed by atoms with van der Waals surface area (Å²) in [6.45, 7) is 0. The predicted molar refractivity (Wildman–Crippen MR) is 246 cm³/mol. The molecule has 12 aromatic rings. The first-order valence-corrected chi connectivity index (χ1v) is 20.1. The summed E-state index contributed by atoms with van der Waals surface area (Å²) in [6.07, 6.45) is 1.96. The fourth-order valence-corrected chi connectivity index (χ4v) is 8.78. The first-order chi connectivity index (χ1) is 29.7. The van der Waals surface area contributed by atoms with Crippen molar-refractivity contribution in [2.45, 2.75) is 0 Å². The third-order valence-corrected chi connectivity index (χ3v) is 11.6. The van der Waals surface area contributed by atoms with Gasteiger partial charge in [-0.3, -0.25) is 9.55 Å². The van der Waals surface area contributed by atoms with E-state index < -0.39 is 0 Å². The largest absolute Gasteiger partial charge is 0.307 e. The minimum atomic E-state index is 0.553. The van der Waals surface area contributed by atoms with Gasteiger partial charge in [-0.15, -0.1) is 0 Å². The van der Waals surface area contributed by atoms with Crippen molar-refractivity contribution in [3.63, 3.8) is 0 Å². The molecular weight excluding hydrogens is 733 g/mol. The van der Waals surface area contributed by atoms with E-state index in [1.165, 1.54) is 10.8 Å². The zero-order valence-electron chi connectivity index (χ0n) is 32.3. The van der Waals surface area contributed by atoms with Crippen LogP contribution in [0.2, 0.25) is 0 Å². The molecule has 6 nitrogen and oxygen atoms in total. The number of nitrogens with zero attached hydrogens (tertiary/aromatic N) is 6. The monoisotopic (exact) mass is 766 g/mol. The van der Waals surface area contributed by atoms with Gasteiger partial charge < -0.3 is 4.57 Å². The smallest absolute Gasteiger partial charge is 0.238 e. The first kappa shape index (κ1) is 33.9. The second-order valence-corrected chi connectivity index (χ2v) is 15.1. The normalized spacial score (nSPS) is 11.7. The van der Waals surface area contributed by atoms with Crippen LogP contribution in [0.4, 0.5) is 0 Å². The van der Waals surface area contributed by atoms with Gasteiger partial charge in [0.1, 0.15) is 0 Å². The van der Waals surface area contributed by atoms with Crippen molar-refractivity contribution in [1.29, 1.82) is 0 Å². The Bertz CT molecular complexity index is 3530. The van der Waals surface area contributed by atoms with Gasteiger partial charge in [-0.05, 0) is 59.0 Å². The zero-order valence-corrected chi connectivity index (χ0v) is 32.3. The van der Waals surface area contributed by atoms with E-state index in [2.05, 4.69) is 173 Å². The molecule has 0 atom stereocenters. The van der Waals surface area contributed by atoms with Crippen molar-refractivity contribution in [3.05, 3.63) is 206 Å². The molecule has 0 fully saturated rings. The second kappa shape index (κ2) is 13.7. The predicted octanol–water partition coefficient (Wildman–Crippen LogP) is 13.3. The summed E-state index contributed by atoms with van der Waals surface area (Å²) in [5.74, 6) is 1.78. The van der Waals surface area contributed by atoms with E-state index in [1.807, 2.05) is 42.6 Å². The van der Waals surface area contributed by atoms with Crippen LogP contribution in [0.25, 0.3) is 111 Å². The van der Waals surface area contributed by atoms with E-state index in [0.29, 0.717) is 17.6 Å². The molecule has 0 spiro atoms. The first-order valence-electron chi connectivity index (χ1n) is 20.1. The van der Waals surface area contributed by atoms with Gasteiger partial charge >= 0.3 is 0 Å². The molecule has 4 aromatic heterocycles. The molecule has 0 aliphatic heterocycles. The van der Waals surface area contributed by atoms with Crippen LogP contribution < -0.4 is 0 Å². The zero-order chi connectivity index (χ0) is 39.6. The third-order valence-electron chi connectivity index (χ3n) is 11.6. The van der Waals surface area contributed by atoms with Gasteiger partial charge in [-0.2, -0.15) is 9.97 Å². The standard InChI is InChI=1S/C54H34N6/c1-4-15-35(16-5-1)52-56-53(36-17-6-2-7-18-36)58-54(57-52)60-49-30-27-39(37-21-14-22-40(31-37)47-33-38-19-10-11-20-41(38)34-55-47)32-46(49)45-29-28-44-43-25-12-13-26-48(43)59(50(44)51(45)60)42-23-8-3-9-24-42/h1-34H. The van der Waals surface area contributed by atoms with Crippen LogP contribution in [-0.4, -0.2) is 29.1 Å². The van der Waals surface area contributed by atoms with Crippen molar-refractivity contribution in [2.24, 2.45) is 0 Å². The average molecular weight is 767 g/mol. The molecule has 0 N–H and O–H groups in total. The van der Waals surface area contributed by atoms with Gasteiger partial charge in [-0.1, -0.05) is 158 Å². The van der Waals surface area contributed by atoms with E-state index in [0.717, 1.165) is 82.8 Å². The molecular formula is C54H34N6. The summed E-state index contributed by atoms with van der Waals surface area (Å²) >= 11 is 0. The van der Waals surface area contributed by atoms with E-state index >= 15 is 0 Å². The summed E-state index contributed by atoms with van der Waals surface area (Å²) < 4.78 is 4.64. The molecule has 8 aromatic carbocycles. The second-order valence-electron chi connectivity index (χ2n) is 15.1. The molecule has 0 radical (unpaired) electrons. The Morgan fingerprint density at radius 3 is 1.65 bits per heavy atom. The number of fused-ring (bicyclic) bond motifs is 8. The molecule has 6 heteroatoms. The molecule has 12 rings (SSSR count). The van der Waals surface area contributed by atoms with Crippen molar-refractivity contribution in [1.82, 2.24) is 29.1 Å². The molecule has 0 saturated heterocycles. The third kappa shape index (κ3) is 5.50. The molecule has 4 heterocycles. The summed E-state index contributed by atoms with van der Waals surface area (Å²) in [6, 6.07) is 70.2. The number of pyridine rings is 1. The van der Waals surface area contributed by atoms with Crippen molar-refractivity contribution < 1.29 is 0 Å². The lowest BCUT2D eigenvalue weighted by Crippen LogP contribution is -2.07. The van der Waals surface area contributed by atoms with Gasteiger partial charge in [0, 0.05) is 55.5 Å². The van der Waals surface area contributed by atoms with E-state index in [-0.39, 0.29) is 0 Å². The minimum absolute atomic E-state index is 0.553. The highest BCUT2D eigenvalue weighted by Gasteiger charge is 2.24. The molecule has 0 amide bonds. The van der Waals surface area contributed by atoms with Gasteiger partial charge in [0.05, 0.1) is 27.8 Å². The van der Waals surface area contributed by atoms with Crippen LogP contribution in [-0.2, 0) is 0 Å². The lowest BCUT2D eigenvalue weighted by Gasteiger charge is -2.13. The average Bonchev–Trinajstić information content (AvgIpc) is 3.85. The minimum Gasteiger partial charge on any atom is -0.307 e. The summed E-state index contributed by atoms with van der Waals surface area (Å²) in [4.78, 5) is 20.5. The van der Waals surface area contributed by atoms with Gasteiger partial charge in [0.15, 0.2) is 11.6 Å². The Morgan fingerprint density at radius 2 is 0.900 bits per heavy atom. The number of rotatable bonds is 6. The Kier molecular flexibility index (Phi) is 7.74. The van der Waals surface area contributed by atoms with E-state index in [4.69, 9.17) is 19.9 Å². The molecule has 280 valence electrons. The molecule has 0 unspecified atom stereocenters. The SMILES string of the molecule is c1ccc(-c2nc(-c3ccccc3)nc(-n3c4ccc(-c5cccc(-c6cc7ccccc7cn6)c5)cc4c4ccc5c6ccccc6n(-c6ccccc6)c5c43)n2)cc1. The Hall–Kier alpha value is -8.22. The van der Waals surface area contributed by atoms with Crippen LogP contribution in [0.1, 0.15) is 0 Å². The number of aromatic nitrogens is 6. The molecule has 0 saturated carbocycles. The molecule has 0 aliphatic rings. The molecule has 0 aliphatic carbocycles. The molecule has 60 heavy (non-hydrogen) atoms. The van der Waals surface area contributed by atoms with Crippen molar-refractivity contribution in [3.8, 4) is 56.8 Å². The molecule has 0 bridgehead atoms. The fourth-order valence-electron chi connectivity index (χ4n) is 8.78.